The zero-order valence-corrected chi connectivity index (χ0v) is 9.09. The molecule has 0 aromatic heterocycles. The van der Waals surface area contributed by atoms with Crippen molar-refractivity contribution in [3.05, 3.63) is 34.9 Å². The molecule has 0 fully saturated rings. The lowest BCUT2D eigenvalue weighted by atomic mass is 9.93. The molecule has 0 aliphatic heterocycles. The van der Waals surface area contributed by atoms with Gasteiger partial charge in [-0.2, -0.15) is 0 Å². The van der Waals surface area contributed by atoms with Gasteiger partial charge < -0.3 is 10.8 Å². The smallest absolute Gasteiger partial charge is 0.0672 e. The molecule has 1 unspecified atom stereocenters. The summed E-state index contributed by atoms with van der Waals surface area (Å²) in [7, 11) is 0. The minimum Gasteiger partial charge on any atom is -0.390 e. The summed E-state index contributed by atoms with van der Waals surface area (Å²) in [5.41, 5.74) is 5.61. The monoisotopic (exact) mass is 213 g/mol. The summed E-state index contributed by atoms with van der Waals surface area (Å²) in [5.74, 6) is 0. The predicted octanol–water partition coefficient (Wildman–Crippen LogP) is 1.98. The van der Waals surface area contributed by atoms with E-state index < -0.39 is 5.60 Å². The highest BCUT2D eigenvalue weighted by atomic mass is 35.5. The molecule has 0 aliphatic carbocycles. The first-order chi connectivity index (χ1) is 6.55. The van der Waals surface area contributed by atoms with Gasteiger partial charge in [0, 0.05) is 11.4 Å². The Morgan fingerprint density at radius 3 is 2.64 bits per heavy atom. The Labute approximate surface area is 89.7 Å². The van der Waals surface area contributed by atoms with E-state index in [1.54, 1.807) is 6.92 Å². The van der Waals surface area contributed by atoms with Crippen molar-refractivity contribution in [2.45, 2.75) is 25.4 Å². The van der Waals surface area contributed by atoms with Gasteiger partial charge in [-0.3, -0.25) is 0 Å². The highest BCUT2D eigenvalue weighted by Gasteiger charge is 2.20. The van der Waals surface area contributed by atoms with E-state index in [-0.39, 0.29) is 0 Å². The fourth-order valence-corrected chi connectivity index (χ4v) is 1.65. The standard InChI is InChI=1S/C11H16ClNO/c1-11(14,6-7-13)8-9-4-2-3-5-10(9)12/h2-5,14H,6-8,13H2,1H3. The molecule has 2 nitrogen and oxygen atoms in total. The van der Waals surface area contributed by atoms with Gasteiger partial charge in [0.1, 0.15) is 0 Å². The first kappa shape index (κ1) is 11.5. The minimum atomic E-state index is -0.764. The molecule has 0 radical (unpaired) electrons. The van der Waals surface area contributed by atoms with Crippen molar-refractivity contribution in [1.82, 2.24) is 0 Å². The van der Waals surface area contributed by atoms with Crippen LogP contribution in [-0.2, 0) is 6.42 Å². The zero-order chi connectivity index (χ0) is 10.6. The van der Waals surface area contributed by atoms with Crippen LogP contribution in [-0.4, -0.2) is 17.3 Å². The molecule has 1 rings (SSSR count). The Morgan fingerprint density at radius 2 is 2.07 bits per heavy atom. The summed E-state index contributed by atoms with van der Waals surface area (Å²) in [6.45, 7) is 2.26. The Bertz CT molecular complexity index is 299. The maximum atomic E-state index is 9.95. The lowest BCUT2D eigenvalue weighted by Crippen LogP contribution is -2.30. The topological polar surface area (TPSA) is 46.2 Å². The van der Waals surface area contributed by atoms with Gasteiger partial charge in [0.25, 0.3) is 0 Å². The Morgan fingerprint density at radius 1 is 1.43 bits per heavy atom. The molecule has 1 aromatic carbocycles. The van der Waals surface area contributed by atoms with Crippen LogP contribution in [0.5, 0.6) is 0 Å². The number of nitrogens with two attached hydrogens (primary N) is 1. The molecule has 0 amide bonds. The van der Waals surface area contributed by atoms with Gasteiger partial charge in [0.05, 0.1) is 5.60 Å². The van der Waals surface area contributed by atoms with Crippen LogP contribution in [0, 0.1) is 0 Å². The first-order valence-electron chi connectivity index (χ1n) is 4.71. The molecule has 1 atom stereocenters. The number of halogens is 1. The Hall–Kier alpha value is -0.570. The highest BCUT2D eigenvalue weighted by molar-refractivity contribution is 6.31. The van der Waals surface area contributed by atoms with Crippen LogP contribution in [0.3, 0.4) is 0 Å². The lowest BCUT2D eigenvalue weighted by molar-refractivity contribution is 0.0539. The van der Waals surface area contributed by atoms with Crippen LogP contribution in [0.1, 0.15) is 18.9 Å². The second kappa shape index (κ2) is 4.78. The molecule has 0 saturated carbocycles. The van der Waals surface area contributed by atoms with Gasteiger partial charge in [-0.15, -0.1) is 0 Å². The second-order valence-electron chi connectivity index (χ2n) is 3.80. The molecule has 0 bridgehead atoms. The second-order valence-corrected chi connectivity index (χ2v) is 4.21. The van der Waals surface area contributed by atoms with Gasteiger partial charge >= 0.3 is 0 Å². The summed E-state index contributed by atoms with van der Waals surface area (Å²) in [5, 5.41) is 10.7. The fourth-order valence-electron chi connectivity index (χ4n) is 1.45. The maximum Gasteiger partial charge on any atom is 0.0672 e. The Kier molecular flexibility index (Phi) is 3.93. The van der Waals surface area contributed by atoms with E-state index >= 15 is 0 Å². The van der Waals surface area contributed by atoms with E-state index in [0.29, 0.717) is 24.4 Å². The van der Waals surface area contributed by atoms with Gasteiger partial charge in [0.2, 0.25) is 0 Å². The van der Waals surface area contributed by atoms with Gasteiger partial charge in [0.15, 0.2) is 0 Å². The molecule has 3 N–H and O–H groups in total. The molecule has 3 heteroatoms. The third kappa shape index (κ3) is 3.29. The highest BCUT2D eigenvalue weighted by Crippen LogP contribution is 2.22. The average Bonchev–Trinajstić information content (AvgIpc) is 2.08. The zero-order valence-electron chi connectivity index (χ0n) is 8.33. The van der Waals surface area contributed by atoms with E-state index in [9.17, 15) is 5.11 Å². The van der Waals surface area contributed by atoms with Crippen molar-refractivity contribution in [2.24, 2.45) is 5.73 Å². The number of benzene rings is 1. The van der Waals surface area contributed by atoms with Crippen molar-refractivity contribution >= 4 is 11.6 Å². The summed E-state index contributed by atoms with van der Waals surface area (Å²) < 4.78 is 0. The van der Waals surface area contributed by atoms with Crippen molar-refractivity contribution in [2.75, 3.05) is 6.54 Å². The van der Waals surface area contributed by atoms with Gasteiger partial charge in [-0.05, 0) is 31.5 Å². The van der Waals surface area contributed by atoms with Crippen LogP contribution in [0.2, 0.25) is 5.02 Å². The van der Waals surface area contributed by atoms with Crippen LogP contribution < -0.4 is 5.73 Å². The van der Waals surface area contributed by atoms with Crippen LogP contribution in [0.15, 0.2) is 24.3 Å². The molecule has 14 heavy (non-hydrogen) atoms. The first-order valence-corrected chi connectivity index (χ1v) is 5.09. The molecule has 0 heterocycles. The third-order valence-corrected chi connectivity index (χ3v) is 2.58. The largest absolute Gasteiger partial charge is 0.390 e. The molecule has 78 valence electrons. The maximum absolute atomic E-state index is 9.95. The van der Waals surface area contributed by atoms with E-state index in [1.807, 2.05) is 24.3 Å². The number of aliphatic hydroxyl groups is 1. The van der Waals surface area contributed by atoms with E-state index in [1.165, 1.54) is 0 Å². The molecule has 0 spiro atoms. The SMILES string of the molecule is CC(O)(CCN)Cc1ccccc1Cl. The van der Waals surface area contributed by atoms with Gasteiger partial charge in [-0.25, -0.2) is 0 Å². The molecule has 0 aliphatic rings. The van der Waals surface area contributed by atoms with E-state index in [0.717, 1.165) is 5.56 Å². The summed E-state index contributed by atoms with van der Waals surface area (Å²) >= 11 is 5.99. The lowest BCUT2D eigenvalue weighted by Gasteiger charge is -2.22. The normalized spacial score (nSPS) is 15.1. The van der Waals surface area contributed by atoms with E-state index in [2.05, 4.69) is 0 Å². The minimum absolute atomic E-state index is 0.484. The molecular weight excluding hydrogens is 198 g/mol. The molecule has 0 saturated heterocycles. The number of hydrogen-bond donors (Lipinski definition) is 2. The fraction of sp³-hybridized carbons (Fsp3) is 0.455. The Balaban J connectivity index is 2.73. The summed E-state index contributed by atoms with van der Waals surface area (Å²) in [4.78, 5) is 0. The van der Waals surface area contributed by atoms with Gasteiger partial charge in [-0.1, -0.05) is 29.8 Å². The van der Waals surface area contributed by atoms with Crippen molar-refractivity contribution < 1.29 is 5.11 Å². The molecular formula is C11H16ClNO. The third-order valence-electron chi connectivity index (χ3n) is 2.21. The van der Waals surface area contributed by atoms with Crippen LogP contribution in [0.4, 0.5) is 0 Å². The van der Waals surface area contributed by atoms with Crippen molar-refractivity contribution in [1.29, 1.82) is 0 Å². The number of rotatable bonds is 4. The average molecular weight is 214 g/mol. The van der Waals surface area contributed by atoms with Crippen molar-refractivity contribution in [3.63, 3.8) is 0 Å². The van der Waals surface area contributed by atoms with E-state index in [4.69, 9.17) is 17.3 Å². The summed E-state index contributed by atoms with van der Waals surface area (Å²) in [6, 6.07) is 7.55. The predicted molar refractivity (Wildman–Crippen MR) is 59.5 cm³/mol. The number of hydrogen-bond acceptors (Lipinski definition) is 2. The van der Waals surface area contributed by atoms with Crippen LogP contribution >= 0.6 is 11.6 Å². The summed E-state index contributed by atoms with van der Waals surface area (Å²) in [6.07, 6.45) is 1.13. The van der Waals surface area contributed by atoms with Crippen molar-refractivity contribution in [3.8, 4) is 0 Å². The van der Waals surface area contributed by atoms with Crippen LogP contribution in [0.25, 0.3) is 0 Å². The quantitative estimate of drug-likeness (QED) is 0.804. The molecule has 1 aromatic rings.